The van der Waals surface area contributed by atoms with Crippen LogP contribution in [-0.4, -0.2) is 50.9 Å². The van der Waals surface area contributed by atoms with Gasteiger partial charge in [0.05, 0.1) is 30.4 Å². The summed E-state index contributed by atoms with van der Waals surface area (Å²) in [6.07, 6.45) is 8.58. The molecule has 2 aromatic rings. The number of imidazole rings is 1. The molecule has 1 aliphatic heterocycles. The molecule has 2 heterocycles. The van der Waals surface area contributed by atoms with Crippen LogP contribution in [0.2, 0.25) is 0 Å². The minimum Gasteiger partial charge on any atom is -0.444 e. The van der Waals surface area contributed by atoms with E-state index in [0.717, 1.165) is 49.8 Å². The highest BCUT2D eigenvalue weighted by Crippen LogP contribution is 2.54. The van der Waals surface area contributed by atoms with Gasteiger partial charge >= 0.3 is 6.09 Å². The first-order chi connectivity index (χ1) is 19.0. The average molecular weight is 555 g/mol. The molecule has 0 radical (unpaired) electrons. The number of aliphatic hydroxyl groups is 1. The van der Waals surface area contributed by atoms with Gasteiger partial charge in [0.2, 0.25) is 5.91 Å². The normalized spacial score (nSPS) is 27.9. The number of fused-ring (bicyclic) bond motifs is 5. The van der Waals surface area contributed by atoms with E-state index in [0.29, 0.717) is 17.9 Å². The summed E-state index contributed by atoms with van der Waals surface area (Å²) in [4.78, 5) is 29.0. The molecule has 2 bridgehead atoms. The number of aromatic nitrogens is 2. The highest BCUT2D eigenvalue weighted by Gasteiger charge is 2.49. The molecule has 2 amide bonds. The van der Waals surface area contributed by atoms with E-state index in [4.69, 9.17) is 4.74 Å². The zero-order valence-corrected chi connectivity index (χ0v) is 24.1. The maximum absolute atomic E-state index is 15.0. The largest absolute Gasteiger partial charge is 0.444 e. The van der Waals surface area contributed by atoms with Crippen LogP contribution in [0.5, 0.6) is 0 Å². The Morgan fingerprint density at radius 3 is 2.83 bits per heavy atom. The van der Waals surface area contributed by atoms with Crippen LogP contribution in [-0.2, 0) is 9.53 Å². The predicted octanol–water partition coefficient (Wildman–Crippen LogP) is 5.35. The number of nitrogens with one attached hydrogen (secondary N) is 2. The molecule has 8 nitrogen and oxygen atoms in total. The van der Waals surface area contributed by atoms with Crippen molar-refractivity contribution in [2.24, 2.45) is 17.3 Å². The van der Waals surface area contributed by atoms with Crippen LogP contribution in [0.3, 0.4) is 0 Å². The second kappa shape index (κ2) is 11.1. The Bertz CT molecular complexity index is 1240. The summed E-state index contributed by atoms with van der Waals surface area (Å²) in [6, 6.07) is 4.90. The molecule has 6 atom stereocenters. The molecular formula is C31H43FN4O4. The number of alkyl carbamates (subject to hydrolysis) is 1. The van der Waals surface area contributed by atoms with Gasteiger partial charge in [-0.15, -0.1) is 0 Å². The van der Waals surface area contributed by atoms with Crippen LogP contribution >= 0.6 is 0 Å². The lowest BCUT2D eigenvalue weighted by atomic mass is 9.56. The quantitative estimate of drug-likeness (QED) is 0.408. The molecular weight excluding hydrogens is 511 g/mol. The van der Waals surface area contributed by atoms with Gasteiger partial charge in [0, 0.05) is 30.1 Å². The summed E-state index contributed by atoms with van der Waals surface area (Å²) in [7, 11) is 0. The monoisotopic (exact) mass is 554 g/mol. The van der Waals surface area contributed by atoms with Crippen molar-refractivity contribution in [3.05, 3.63) is 42.1 Å². The van der Waals surface area contributed by atoms with E-state index in [2.05, 4.69) is 22.5 Å². The standard InChI is InChI=1S/C31H43FN4O4/c1-5-31(26(37)14-24-28-21(7-6-8-22(28)32)25-17-33-18-36(24)25)15-19-9-10-23(20(13-19)16-31)35-27(38)11-12-34-29(39)40-30(2,3)4/h6-8,17-20,23-24,26,37H,5,9-16H2,1-4H3,(H,34,39)(H,35,38). The fraction of sp³-hybridized carbons (Fsp3) is 0.645. The molecule has 9 heteroatoms. The van der Waals surface area contributed by atoms with Crippen molar-refractivity contribution >= 4 is 12.0 Å². The smallest absolute Gasteiger partial charge is 0.407 e. The van der Waals surface area contributed by atoms with Gasteiger partial charge in [0.1, 0.15) is 11.4 Å². The van der Waals surface area contributed by atoms with Gasteiger partial charge in [-0.2, -0.15) is 0 Å². The van der Waals surface area contributed by atoms with E-state index in [1.54, 1.807) is 39.4 Å². The number of hydrogen-bond donors (Lipinski definition) is 3. The van der Waals surface area contributed by atoms with Gasteiger partial charge in [-0.1, -0.05) is 19.1 Å². The molecule has 218 valence electrons. The highest BCUT2D eigenvalue weighted by atomic mass is 19.1. The van der Waals surface area contributed by atoms with Gasteiger partial charge in [0.15, 0.2) is 0 Å². The first-order valence-corrected chi connectivity index (χ1v) is 14.7. The van der Waals surface area contributed by atoms with Gasteiger partial charge in [-0.05, 0) is 89.0 Å². The minimum absolute atomic E-state index is 0.0496. The Hall–Kier alpha value is -2.94. The third kappa shape index (κ3) is 5.76. The molecule has 2 aliphatic carbocycles. The van der Waals surface area contributed by atoms with Crippen LogP contribution in [0.1, 0.15) is 90.7 Å². The Labute approximate surface area is 236 Å². The van der Waals surface area contributed by atoms with E-state index in [-0.39, 0.29) is 48.1 Å². The molecule has 3 aliphatic rings. The Morgan fingerprint density at radius 1 is 1.27 bits per heavy atom. The zero-order chi connectivity index (χ0) is 28.7. The number of benzene rings is 1. The first kappa shape index (κ1) is 28.6. The van der Waals surface area contributed by atoms with Crippen molar-refractivity contribution in [1.82, 2.24) is 20.2 Å². The third-order valence-corrected chi connectivity index (χ3v) is 9.34. The van der Waals surface area contributed by atoms with Crippen LogP contribution in [0.4, 0.5) is 9.18 Å². The number of nitrogens with zero attached hydrogens (tertiary/aromatic N) is 2. The highest BCUT2D eigenvalue weighted by molar-refractivity contribution is 5.77. The van der Waals surface area contributed by atoms with Crippen LogP contribution in [0, 0.1) is 23.1 Å². The lowest BCUT2D eigenvalue weighted by Crippen LogP contribution is -2.52. The maximum Gasteiger partial charge on any atom is 0.407 e. The summed E-state index contributed by atoms with van der Waals surface area (Å²) < 4.78 is 22.3. The first-order valence-electron chi connectivity index (χ1n) is 14.7. The maximum atomic E-state index is 15.0. The minimum atomic E-state index is -0.610. The molecule has 2 fully saturated rings. The Kier molecular flexibility index (Phi) is 7.97. The fourth-order valence-corrected chi connectivity index (χ4v) is 7.50. The molecule has 0 spiro atoms. The summed E-state index contributed by atoms with van der Waals surface area (Å²) in [6.45, 7) is 7.76. The van der Waals surface area contributed by atoms with Crippen LogP contribution in [0.25, 0.3) is 11.3 Å². The number of carbonyl (C=O) groups is 2. The van der Waals surface area contributed by atoms with Crippen LogP contribution in [0.15, 0.2) is 30.7 Å². The number of aliphatic hydroxyl groups excluding tert-OH is 1. The van der Waals surface area contributed by atoms with Gasteiger partial charge < -0.3 is 25.0 Å². The van der Waals surface area contributed by atoms with Crippen LogP contribution < -0.4 is 10.6 Å². The SMILES string of the molecule is CCC1(C(O)CC2c3c(F)cccc3-c3cncn32)CC2CCC(NC(=O)CCNC(=O)OC(C)(C)C)C(C2)C1. The number of rotatable bonds is 8. The van der Waals surface area contributed by atoms with E-state index in [1.165, 1.54) is 6.07 Å². The van der Waals surface area contributed by atoms with E-state index in [9.17, 15) is 14.7 Å². The van der Waals surface area contributed by atoms with Gasteiger partial charge in [-0.3, -0.25) is 4.79 Å². The van der Waals surface area contributed by atoms with Crippen molar-refractivity contribution in [3.63, 3.8) is 0 Å². The van der Waals surface area contributed by atoms with Crippen molar-refractivity contribution in [2.75, 3.05) is 6.54 Å². The second-order valence-corrected chi connectivity index (χ2v) is 13.1. The van der Waals surface area contributed by atoms with Gasteiger partial charge in [0.25, 0.3) is 0 Å². The second-order valence-electron chi connectivity index (χ2n) is 13.1. The van der Waals surface area contributed by atoms with E-state index < -0.39 is 17.8 Å². The molecule has 1 aromatic heterocycles. The van der Waals surface area contributed by atoms with Crippen molar-refractivity contribution in [1.29, 1.82) is 0 Å². The Morgan fingerprint density at radius 2 is 2.08 bits per heavy atom. The topological polar surface area (TPSA) is 105 Å². The fourth-order valence-electron chi connectivity index (χ4n) is 7.50. The lowest BCUT2D eigenvalue weighted by molar-refractivity contribution is -0.123. The average Bonchev–Trinajstić information content (AvgIpc) is 3.47. The molecule has 1 aromatic carbocycles. The molecule has 6 unspecified atom stereocenters. The van der Waals surface area contributed by atoms with Gasteiger partial charge in [-0.25, -0.2) is 14.2 Å². The van der Waals surface area contributed by atoms with Crippen molar-refractivity contribution in [2.45, 2.75) is 103 Å². The number of carbonyl (C=O) groups excluding carboxylic acids is 2. The predicted molar refractivity (Wildman–Crippen MR) is 150 cm³/mol. The number of amides is 2. The van der Waals surface area contributed by atoms with E-state index in [1.807, 2.05) is 10.6 Å². The lowest BCUT2D eigenvalue weighted by Gasteiger charge is -2.52. The molecule has 5 rings (SSSR count). The van der Waals surface area contributed by atoms with Crippen molar-refractivity contribution < 1.29 is 23.8 Å². The Balaban J connectivity index is 1.23. The summed E-state index contributed by atoms with van der Waals surface area (Å²) in [5.41, 5.74) is 1.51. The summed E-state index contributed by atoms with van der Waals surface area (Å²) in [5, 5.41) is 17.7. The molecule has 2 saturated carbocycles. The van der Waals surface area contributed by atoms with Crippen molar-refractivity contribution in [3.8, 4) is 11.3 Å². The number of ether oxygens (including phenoxy) is 1. The molecule has 3 N–H and O–H groups in total. The summed E-state index contributed by atoms with van der Waals surface area (Å²) >= 11 is 0. The number of halogens is 1. The van der Waals surface area contributed by atoms with E-state index >= 15 is 4.39 Å². The third-order valence-electron chi connectivity index (χ3n) is 9.34. The molecule has 40 heavy (non-hydrogen) atoms. The number of hydrogen-bond acceptors (Lipinski definition) is 5. The molecule has 0 saturated heterocycles. The zero-order valence-electron chi connectivity index (χ0n) is 24.1. The summed E-state index contributed by atoms with van der Waals surface area (Å²) in [5.74, 6) is 0.458.